The molecule has 5 nitrogen and oxygen atoms in total. The van der Waals surface area contributed by atoms with Gasteiger partial charge < -0.3 is 19.5 Å². The van der Waals surface area contributed by atoms with Gasteiger partial charge >= 0.3 is 0 Å². The normalized spacial score (nSPS) is 17.7. The van der Waals surface area contributed by atoms with Crippen molar-refractivity contribution in [3.63, 3.8) is 0 Å². The maximum absolute atomic E-state index is 9.81. The van der Waals surface area contributed by atoms with Crippen LogP contribution in [-0.2, 0) is 4.74 Å². The number of aromatic nitrogens is 2. The second-order valence-corrected chi connectivity index (χ2v) is 7.18. The topological polar surface area (TPSA) is 67.5 Å². The Kier molecular flexibility index (Phi) is 5.77. The van der Waals surface area contributed by atoms with Gasteiger partial charge in [-0.2, -0.15) is 0 Å². The van der Waals surface area contributed by atoms with Gasteiger partial charge in [0.05, 0.1) is 19.3 Å². The fraction of sp³-hybridized carbons (Fsp3) is 0.292. The van der Waals surface area contributed by atoms with E-state index in [-0.39, 0.29) is 12.7 Å². The molecule has 2 aromatic carbocycles. The predicted octanol–water partition coefficient (Wildman–Crippen LogP) is 3.65. The number of imidazole rings is 1. The van der Waals surface area contributed by atoms with Crippen molar-refractivity contribution in [3.8, 4) is 23.0 Å². The van der Waals surface area contributed by atoms with Gasteiger partial charge in [-0.05, 0) is 35.7 Å². The van der Waals surface area contributed by atoms with E-state index in [0.717, 1.165) is 29.7 Å². The van der Waals surface area contributed by atoms with Crippen LogP contribution in [0.3, 0.4) is 0 Å². The van der Waals surface area contributed by atoms with E-state index in [1.165, 1.54) is 5.56 Å². The smallest absolute Gasteiger partial charge is 0.138 e. The molecule has 0 spiro atoms. The maximum Gasteiger partial charge on any atom is 0.138 e. The molecule has 2 N–H and O–H groups in total. The third-order valence-corrected chi connectivity index (χ3v) is 5.16. The molecule has 148 valence electrons. The van der Waals surface area contributed by atoms with Gasteiger partial charge in [-0.15, -0.1) is 0 Å². The first kappa shape index (κ1) is 19.4. The molecular formula is C24H24N2O3. The van der Waals surface area contributed by atoms with Crippen LogP contribution in [0.2, 0.25) is 0 Å². The van der Waals surface area contributed by atoms with Gasteiger partial charge in [0.2, 0.25) is 0 Å². The van der Waals surface area contributed by atoms with Crippen molar-refractivity contribution in [3.05, 3.63) is 77.9 Å². The van der Waals surface area contributed by atoms with Crippen molar-refractivity contribution in [2.75, 3.05) is 13.2 Å². The molecule has 1 aliphatic rings. The Morgan fingerprint density at radius 2 is 1.79 bits per heavy atom. The Balaban J connectivity index is 1.49. The summed E-state index contributed by atoms with van der Waals surface area (Å²) in [6.07, 6.45) is 3.95. The van der Waals surface area contributed by atoms with Gasteiger partial charge in [-0.1, -0.05) is 48.2 Å². The second-order valence-electron chi connectivity index (χ2n) is 7.18. The largest absolute Gasteiger partial charge is 0.393 e. The van der Waals surface area contributed by atoms with Gasteiger partial charge in [0.25, 0.3) is 0 Å². The summed E-state index contributed by atoms with van der Waals surface area (Å²) in [7, 11) is 0. The van der Waals surface area contributed by atoms with E-state index in [4.69, 9.17) is 4.74 Å². The Bertz CT molecular complexity index is 1010. The fourth-order valence-corrected chi connectivity index (χ4v) is 3.42. The number of aliphatic hydroxyl groups is 2. The Labute approximate surface area is 170 Å². The summed E-state index contributed by atoms with van der Waals surface area (Å²) < 4.78 is 7.24. The van der Waals surface area contributed by atoms with Crippen molar-refractivity contribution < 1.29 is 14.9 Å². The zero-order valence-electron chi connectivity index (χ0n) is 16.3. The summed E-state index contributed by atoms with van der Waals surface area (Å²) in [6, 6.07) is 16.1. The molecule has 1 fully saturated rings. The minimum Gasteiger partial charge on any atom is -0.393 e. The molecule has 29 heavy (non-hydrogen) atoms. The molecule has 0 saturated carbocycles. The van der Waals surface area contributed by atoms with Crippen molar-refractivity contribution in [1.82, 2.24) is 9.55 Å². The summed E-state index contributed by atoms with van der Waals surface area (Å²) in [5, 5.41) is 19.5. The maximum atomic E-state index is 9.81. The van der Waals surface area contributed by atoms with Crippen molar-refractivity contribution in [1.29, 1.82) is 0 Å². The van der Waals surface area contributed by atoms with E-state index in [1.807, 2.05) is 24.3 Å². The minimum atomic E-state index is -0.720. The first-order chi connectivity index (χ1) is 14.2. The number of rotatable bonds is 5. The third kappa shape index (κ3) is 4.25. The Hall–Kier alpha value is -2.91. The average molecular weight is 388 g/mol. The zero-order valence-corrected chi connectivity index (χ0v) is 16.3. The molecule has 4 rings (SSSR count). The Morgan fingerprint density at radius 1 is 1.14 bits per heavy atom. The average Bonchev–Trinajstić information content (AvgIpc) is 3.18. The number of ether oxygens (including phenoxy) is 1. The number of hydrogen-bond acceptors (Lipinski definition) is 4. The molecule has 5 heteroatoms. The number of nitrogens with zero attached hydrogens (tertiary/aromatic N) is 2. The third-order valence-electron chi connectivity index (χ3n) is 5.16. The van der Waals surface area contributed by atoms with Crippen LogP contribution in [0.1, 0.15) is 48.5 Å². The molecule has 2 heterocycles. The second kappa shape index (κ2) is 8.62. The SMILES string of the molecule is C[C@H](O)c1nccn1[C@@H](C#Cc1ccc(-c2ccc(C3CCO3)cc2)cc1)CO. The summed E-state index contributed by atoms with van der Waals surface area (Å²) in [6.45, 7) is 2.34. The van der Waals surface area contributed by atoms with Gasteiger partial charge in [-0.25, -0.2) is 4.98 Å². The number of aliphatic hydroxyl groups excluding tert-OH is 2. The Morgan fingerprint density at radius 3 is 2.34 bits per heavy atom. The highest BCUT2D eigenvalue weighted by Crippen LogP contribution is 2.30. The van der Waals surface area contributed by atoms with Crippen LogP contribution >= 0.6 is 0 Å². The molecule has 1 unspecified atom stereocenters. The van der Waals surface area contributed by atoms with Crippen LogP contribution in [0, 0.1) is 11.8 Å². The number of benzene rings is 2. The van der Waals surface area contributed by atoms with Crippen molar-refractivity contribution >= 4 is 0 Å². The van der Waals surface area contributed by atoms with Crippen LogP contribution in [-0.4, -0.2) is 33.0 Å². The monoisotopic (exact) mass is 388 g/mol. The van der Waals surface area contributed by atoms with E-state index >= 15 is 0 Å². The summed E-state index contributed by atoms with van der Waals surface area (Å²) in [4.78, 5) is 4.14. The van der Waals surface area contributed by atoms with Gasteiger partial charge in [0.15, 0.2) is 0 Å². The lowest BCUT2D eigenvalue weighted by Gasteiger charge is -2.26. The lowest BCUT2D eigenvalue weighted by Crippen LogP contribution is -2.17. The van der Waals surface area contributed by atoms with E-state index < -0.39 is 12.1 Å². The quantitative estimate of drug-likeness (QED) is 0.655. The van der Waals surface area contributed by atoms with Gasteiger partial charge in [0, 0.05) is 24.4 Å². The standard InChI is InChI=1S/C24H24N2O3/c1-17(28)24-25-13-14-26(24)22(16-27)11-4-18-2-5-19(6-3-18)20-7-9-21(10-8-20)23-12-15-29-23/h2-3,5-10,13-14,17,22-23,27-28H,12,15-16H2,1H3/t17-,22-,23?/m0/s1. The lowest BCUT2D eigenvalue weighted by molar-refractivity contribution is -0.0527. The first-order valence-electron chi connectivity index (χ1n) is 9.81. The van der Waals surface area contributed by atoms with Crippen molar-refractivity contribution in [2.45, 2.75) is 31.6 Å². The minimum absolute atomic E-state index is 0.155. The molecular weight excluding hydrogens is 364 g/mol. The van der Waals surface area contributed by atoms with E-state index in [2.05, 4.69) is 41.1 Å². The molecule has 1 aromatic heterocycles. The van der Waals surface area contributed by atoms with Crippen LogP contribution < -0.4 is 0 Å². The van der Waals surface area contributed by atoms with E-state index in [1.54, 1.807) is 23.9 Å². The summed E-state index contributed by atoms with van der Waals surface area (Å²) in [5.41, 5.74) is 4.38. The molecule has 1 aliphatic heterocycles. The van der Waals surface area contributed by atoms with Crippen LogP contribution in [0.5, 0.6) is 0 Å². The van der Waals surface area contributed by atoms with Gasteiger partial charge in [-0.3, -0.25) is 0 Å². The zero-order chi connectivity index (χ0) is 20.2. The van der Waals surface area contributed by atoms with Crippen LogP contribution in [0.15, 0.2) is 60.9 Å². The molecule has 0 radical (unpaired) electrons. The summed E-state index contributed by atoms with van der Waals surface area (Å²) in [5.74, 6) is 6.67. The molecule has 3 aromatic rings. The molecule has 3 atom stereocenters. The fourth-order valence-electron chi connectivity index (χ4n) is 3.42. The highest BCUT2D eigenvalue weighted by Gasteiger charge is 2.19. The molecule has 0 aliphatic carbocycles. The lowest BCUT2D eigenvalue weighted by atomic mass is 9.98. The van der Waals surface area contributed by atoms with Gasteiger partial charge in [0.1, 0.15) is 18.0 Å². The highest BCUT2D eigenvalue weighted by atomic mass is 16.5. The highest BCUT2D eigenvalue weighted by molar-refractivity contribution is 5.64. The van der Waals surface area contributed by atoms with Crippen LogP contribution in [0.4, 0.5) is 0 Å². The first-order valence-corrected chi connectivity index (χ1v) is 9.81. The van der Waals surface area contributed by atoms with E-state index in [9.17, 15) is 10.2 Å². The number of hydrogen-bond donors (Lipinski definition) is 2. The molecule has 0 amide bonds. The predicted molar refractivity (Wildman–Crippen MR) is 111 cm³/mol. The molecule has 1 saturated heterocycles. The molecule has 0 bridgehead atoms. The van der Waals surface area contributed by atoms with E-state index in [0.29, 0.717) is 5.82 Å². The van der Waals surface area contributed by atoms with Crippen molar-refractivity contribution in [2.24, 2.45) is 0 Å². The van der Waals surface area contributed by atoms with Crippen LogP contribution in [0.25, 0.3) is 11.1 Å². The summed E-state index contributed by atoms with van der Waals surface area (Å²) >= 11 is 0.